The largest absolute Gasteiger partial charge is 0.493 e. The van der Waals surface area contributed by atoms with Gasteiger partial charge in [0.15, 0.2) is 0 Å². The number of hydrogen-bond donors (Lipinski definition) is 2. The van der Waals surface area contributed by atoms with Crippen molar-refractivity contribution in [2.45, 2.75) is 52.4 Å². The van der Waals surface area contributed by atoms with Gasteiger partial charge in [-0.05, 0) is 85.0 Å². The fraction of sp³-hybridized carbons (Fsp3) is 0.500. The van der Waals surface area contributed by atoms with Crippen LogP contribution in [0.4, 0.5) is 0 Å². The summed E-state index contributed by atoms with van der Waals surface area (Å²) in [5, 5.41) is 17.8. The van der Waals surface area contributed by atoms with Gasteiger partial charge in [-0.25, -0.2) is 0 Å². The van der Waals surface area contributed by atoms with E-state index in [4.69, 9.17) is 19.7 Å². The van der Waals surface area contributed by atoms with Crippen LogP contribution in [0.15, 0.2) is 36.4 Å². The maximum atomic E-state index is 8.89. The van der Waals surface area contributed by atoms with Crippen molar-refractivity contribution < 1.29 is 19.7 Å². The van der Waals surface area contributed by atoms with Gasteiger partial charge in [-0.2, -0.15) is 0 Å². The van der Waals surface area contributed by atoms with Gasteiger partial charge >= 0.3 is 0 Å². The van der Waals surface area contributed by atoms with Gasteiger partial charge in [0.05, 0.1) is 13.2 Å². The first-order chi connectivity index (χ1) is 13.7. The number of ether oxygens (including phenoxy) is 2. The summed E-state index contributed by atoms with van der Waals surface area (Å²) in [4.78, 5) is 0. The van der Waals surface area contributed by atoms with Crippen LogP contribution in [0.2, 0.25) is 0 Å². The molecular weight excluding hydrogens is 352 g/mol. The van der Waals surface area contributed by atoms with E-state index in [1.165, 1.54) is 22.3 Å². The molecule has 2 rings (SSSR count). The minimum Gasteiger partial charge on any atom is -0.493 e. The molecule has 0 radical (unpaired) electrons. The number of aliphatic hydroxyl groups is 2. The molecule has 0 bridgehead atoms. The number of unbranched alkanes of at least 4 members (excludes halogenated alkanes) is 2. The van der Waals surface area contributed by atoms with Crippen LogP contribution in [0.3, 0.4) is 0 Å². The number of benzene rings is 2. The highest BCUT2D eigenvalue weighted by atomic mass is 16.5. The summed E-state index contributed by atoms with van der Waals surface area (Å²) in [6.07, 6.45) is 5.09. The van der Waals surface area contributed by atoms with E-state index in [9.17, 15) is 0 Å². The lowest BCUT2D eigenvalue weighted by molar-refractivity contribution is 0.252. The summed E-state index contributed by atoms with van der Waals surface area (Å²) in [5.74, 6) is 1.87. The van der Waals surface area contributed by atoms with E-state index in [2.05, 4.69) is 50.2 Å². The van der Waals surface area contributed by atoms with Crippen LogP contribution in [0.5, 0.6) is 11.5 Å². The molecule has 28 heavy (non-hydrogen) atoms. The Labute approximate surface area is 169 Å². The summed E-state index contributed by atoms with van der Waals surface area (Å²) in [7, 11) is 0. The van der Waals surface area contributed by atoms with Crippen LogP contribution in [0.1, 0.15) is 50.7 Å². The Morgan fingerprint density at radius 2 is 1.07 bits per heavy atom. The number of aliphatic hydroxyl groups excluding tert-OH is 2. The van der Waals surface area contributed by atoms with Crippen LogP contribution in [0, 0.1) is 0 Å². The third kappa shape index (κ3) is 6.54. The number of aryl methyl sites for hydroxylation is 2. The lowest BCUT2D eigenvalue weighted by atomic mass is 9.98. The van der Waals surface area contributed by atoms with Crippen LogP contribution < -0.4 is 9.47 Å². The molecule has 0 saturated carbocycles. The minimum atomic E-state index is 0.212. The molecule has 0 amide bonds. The Bertz CT molecular complexity index is 650. The predicted molar refractivity (Wildman–Crippen MR) is 114 cm³/mol. The predicted octanol–water partition coefficient (Wildman–Crippen LogP) is 4.78. The van der Waals surface area contributed by atoms with Crippen molar-refractivity contribution in [1.29, 1.82) is 0 Å². The molecule has 0 aliphatic heterocycles. The van der Waals surface area contributed by atoms with E-state index in [-0.39, 0.29) is 13.2 Å². The molecule has 0 saturated heterocycles. The topological polar surface area (TPSA) is 58.9 Å². The van der Waals surface area contributed by atoms with Gasteiger partial charge in [-0.1, -0.05) is 26.0 Å². The van der Waals surface area contributed by atoms with Gasteiger partial charge < -0.3 is 19.7 Å². The quantitative estimate of drug-likeness (QED) is 0.486. The number of hydrogen-bond acceptors (Lipinski definition) is 4. The molecular formula is C24H34O4. The molecule has 0 aliphatic carbocycles. The Morgan fingerprint density at radius 1 is 0.643 bits per heavy atom. The molecule has 2 aromatic carbocycles. The molecule has 0 heterocycles. The maximum Gasteiger partial charge on any atom is 0.122 e. The fourth-order valence-electron chi connectivity index (χ4n) is 3.14. The highest BCUT2D eigenvalue weighted by molar-refractivity contribution is 5.67. The number of rotatable bonds is 13. The fourth-order valence-corrected chi connectivity index (χ4v) is 3.14. The van der Waals surface area contributed by atoms with Crippen molar-refractivity contribution >= 4 is 0 Å². The zero-order chi connectivity index (χ0) is 20.2. The minimum absolute atomic E-state index is 0.212. The molecule has 4 heteroatoms. The van der Waals surface area contributed by atoms with Gasteiger partial charge in [0.25, 0.3) is 0 Å². The van der Waals surface area contributed by atoms with Crippen molar-refractivity contribution in [3.05, 3.63) is 47.5 Å². The zero-order valence-corrected chi connectivity index (χ0v) is 17.2. The Morgan fingerprint density at radius 3 is 1.43 bits per heavy atom. The smallest absolute Gasteiger partial charge is 0.122 e. The standard InChI is InChI=1S/C24H34O4/c1-3-19-17-21(9-11-23(19)27-15-7-5-13-25)22-10-12-24(20(4-2)18-22)28-16-8-6-14-26/h9-12,17-18,25-26H,3-8,13-16H2,1-2H3. The Kier molecular flexibility index (Phi) is 9.87. The summed E-state index contributed by atoms with van der Waals surface area (Å²) in [6, 6.07) is 12.7. The highest BCUT2D eigenvalue weighted by Gasteiger charge is 2.09. The second-order valence-corrected chi connectivity index (χ2v) is 6.91. The van der Waals surface area contributed by atoms with Crippen molar-refractivity contribution in [3.63, 3.8) is 0 Å². The molecule has 0 spiro atoms. The van der Waals surface area contributed by atoms with Gasteiger partial charge in [-0.15, -0.1) is 0 Å². The lowest BCUT2D eigenvalue weighted by Gasteiger charge is -2.15. The van der Waals surface area contributed by atoms with Gasteiger partial charge in [0.1, 0.15) is 11.5 Å². The van der Waals surface area contributed by atoms with Crippen LogP contribution in [0.25, 0.3) is 11.1 Å². The van der Waals surface area contributed by atoms with Crippen molar-refractivity contribution in [1.82, 2.24) is 0 Å². The SMILES string of the molecule is CCc1cc(-c2ccc(OCCCCO)c(CC)c2)ccc1OCCCCO. The average Bonchev–Trinajstić information content (AvgIpc) is 2.74. The first-order valence-electron chi connectivity index (χ1n) is 10.5. The Hall–Kier alpha value is -2.04. The second-order valence-electron chi connectivity index (χ2n) is 6.91. The monoisotopic (exact) mass is 386 g/mol. The molecule has 2 aromatic rings. The summed E-state index contributed by atoms with van der Waals surface area (Å²) < 4.78 is 11.8. The van der Waals surface area contributed by atoms with E-state index < -0.39 is 0 Å². The maximum absolute atomic E-state index is 8.89. The second kappa shape index (κ2) is 12.4. The third-order valence-electron chi connectivity index (χ3n) is 4.84. The molecule has 0 fully saturated rings. The normalized spacial score (nSPS) is 10.9. The van der Waals surface area contributed by atoms with E-state index in [0.29, 0.717) is 13.2 Å². The zero-order valence-electron chi connectivity index (χ0n) is 17.2. The first-order valence-corrected chi connectivity index (χ1v) is 10.5. The van der Waals surface area contributed by atoms with Crippen LogP contribution in [-0.2, 0) is 12.8 Å². The molecule has 4 nitrogen and oxygen atoms in total. The third-order valence-corrected chi connectivity index (χ3v) is 4.84. The van der Waals surface area contributed by atoms with Crippen molar-refractivity contribution in [2.24, 2.45) is 0 Å². The molecule has 0 aliphatic rings. The highest BCUT2D eigenvalue weighted by Crippen LogP contribution is 2.31. The molecule has 0 atom stereocenters. The Balaban J connectivity index is 2.12. The lowest BCUT2D eigenvalue weighted by Crippen LogP contribution is -2.02. The molecule has 0 aromatic heterocycles. The van der Waals surface area contributed by atoms with E-state index >= 15 is 0 Å². The molecule has 2 N–H and O–H groups in total. The molecule has 0 unspecified atom stereocenters. The van der Waals surface area contributed by atoms with E-state index in [0.717, 1.165) is 50.0 Å². The van der Waals surface area contributed by atoms with E-state index in [1.807, 2.05) is 0 Å². The summed E-state index contributed by atoms with van der Waals surface area (Å²) in [6.45, 7) is 5.97. The van der Waals surface area contributed by atoms with Gasteiger partial charge in [0, 0.05) is 13.2 Å². The summed E-state index contributed by atoms with van der Waals surface area (Å²) >= 11 is 0. The average molecular weight is 387 g/mol. The van der Waals surface area contributed by atoms with Gasteiger partial charge in [-0.3, -0.25) is 0 Å². The molecule has 154 valence electrons. The van der Waals surface area contributed by atoms with Crippen molar-refractivity contribution in [2.75, 3.05) is 26.4 Å². The first kappa shape index (κ1) is 22.3. The van der Waals surface area contributed by atoms with Gasteiger partial charge in [0.2, 0.25) is 0 Å². The van der Waals surface area contributed by atoms with Crippen LogP contribution in [-0.4, -0.2) is 36.6 Å². The van der Waals surface area contributed by atoms with E-state index in [1.54, 1.807) is 0 Å². The van der Waals surface area contributed by atoms with Crippen LogP contribution >= 0.6 is 0 Å². The van der Waals surface area contributed by atoms with Crippen molar-refractivity contribution in [3.8, 4) is 22.6 Å². The summed E-state index contributed by atoms with van der Waals surface area (Å²) in [5.41, 5.74) is 4.76.